The van der Waals surface area contributed by atoms with E-state index in [9.17, 15) is 20.0 Å². The van der Waals surface area contributed by atoms with Gasteiger partial charge in [-0.15, -0.1) is 0 Å². The van der Waals surface area contributed by atoms with Crippen molar-refractivity contribution in [3.05, 3.63) is 80.9 Å². The average molecular weight is 371 g/mol. The fourth-order valence-electron chi connectivity index (χ4n) is 2.20. The highest BCUT2D eigenvalue weighted by Gasteiger charge is 2.15. The Bertz CT molecular complexity index is 1010. The van der Waals surface area contributed by atoms with E-state index in [0.717, 1.165) is 18.0 Å². The summed E-state index contributed by atoms with van der Waals surface area (Å²) in [4.78, 5) is 25.2. The van der Waals surface area contributed by atoms with E-state index in [1.54, 1.807) is 35.3 Å². The van der Waals surface area contributed by atoms with Crippen LogP contribution in [0.2, 0.25) is 5.02 Å². The lowest BCUT2D eigenvalue weighted by atomic mass is 10.1. The van der Waals surface area contributed by atoms with Gasteiger partial charge in [-0.2, -0.15) is 5.10 Å². The van der Waals surface area contributed by atoms with Gasteiger partial charge in [0.25, 0.3) is 5.69 Å². The summed E-state index contributed by atoms with van der Waals surface area (Å²) in [6.07, 6.45) is 7.45. The Morgan fingerprint density at radius 2 is 1.96 bits per heavy atom. The first-order valence-corrected chi connectivity index (χ1v) is 7.68. The molecular formula is C17H11ClN4O4. The maximum Gasteiger partial charge on any atom is 0.338 e. The van der Waals surface area contributed by atoms with Crippen LogP contribution in [0.3, 0.4) is 0 Å². The molecule has 0 aliphatic carbocycles. The van der Waals surface area contributed by atoms with Gasteiger partial charge in [0.2, 0.25) is 0 Å². The number of nitrogens with zero attached hydrogens (tertiary/aromatic N) is 4. The number of aromatic nitrogens is 3. The van der Waals surface area contributed by atoms with Gasteiger partial charge < -0.3 is 5.11 Å². The molecule has 3 aromatic rings. The molecule has 0 aliphatic rings. The summed E-state index contributed by atoms with van der Waals surface area (Å²) in [7, 11) is 0. The zero-order valence-corrected chi connectivity index (χ0v) is 13.9. The number of carboxylic acid groups (broad SMARTS) is 1. The van der Waals surface area contributed by atoms with Gasteiger partial charge in [-0.05, 0) is 36.4 Å². The molecule has 0 unspecified atom stereocenters. The summed E-state index contributed by atoms with van der Waals surface area (Å²) >= 11 is 5.86. The molecule has 26 heavy (non-hydrogen) atoms. The summed E-state index contributed by atoms with van der Waals surface area (Å²) in [6.45, 7) is 0. The number of benzene rings is 1. The molecule has 1 aromatic carbocycles. The normalized spacial score (nSPS) is 11.0. The van der Waals surface area contributed by atoms with Crippen molar-refractivity contribution in [2.45, 2.75) is 0 Å². The lowest BCUT2D eigenvalue weighted by Gasteiger charge is -2.00. The number of hydrogen-bond acceptors (Lipinski definition) is 5. The van der Waals surface area contributed by atoms with Gasteiger partial charge in [-0.3, -0.25) is 10.1 Å². The molecule has 2 aromatic heterocycles. The number of aromatic carboxylic acids is 1. The molecule has 0 aliphatic heterocycles. The first-order chi connectivity index (χ1) is 12.4. The van der Waals surface area contributed by atoms with Crippen LogP contribution in [0.15, 0.2) is 48.9 Å². The fraction of sp³-hybridized carbons (Fsp3) is 0. The molecule has 0 amide bonds. The van der Waals surface area contributed by atoms with E-state index < -0.39 is 10.9 Å². The Labute approximate surface area is 152 Å². The van der Waals surface area contributed by atoms with Crippen molar-refractivity contribution in [3.63, 3.8) is 0 Å². The smallest absolute Gasteiger partial charge is 0.338 e. The second-order valence-corrected chi connectivity index (χ2v) is 5.65. The van der Waals surface area contributed by atoms with Crippen LogP contribution in [0.5, 0.6) is 0 Å². The van der Waals surface area contributed by atoms with E-state index >= 15 is 0 Å². The van der Waals surface area contributed by atoms with Crippen molar-refractivity contribution in [2.75, 3.05) is 0 Å². The van der Waals surface area contributed by atoms with E-state index in [-0.39, 0.29) is 16.9 Å². The van der Waals surface area contributed by atoms with Crippen molar-refractivity contribution in [1.82, 2.24) is 14.8 Å². The first kappa shape index (κ1) is 17.3. The average Bonchev–Trinajstić information content (AvgIpc) is 3.09. The number of halogens is 1. The molecule has 130 valence electrons. The highest BCUT2D eigenvalue weighted by Crippen LogP contribution is 2.18. The van der Waals surface area contributed by atoms with E-state index in [1.807, 2.05) is 12.1 Å². The molecule has 1 N–H and O–H groups in total. The molecule has 0 bridgehead atoms. The SMILES string of the molecule is O=C(O)c1cc([N+](=O)[O-])cnc1/C=C/c1cnn(-c2ccc(Cl)cc2)c1. The van der Waals surface area contributed by atoms with E-state index in [0.29, 0.717) is 10.6 Å². The van der Waals surface area contributed by atoms with Crippen LogP contribution in [-0.4, -0.2) is 30.8 Å². The predicted molar refractivity (Wildman–Crippen MR) is 95.4 cm³/mol. The van der Waals surface area contributed by atoms with Crippen LogP contribution in [0.25, 0.3) is 17.8 Å². The minimum atomic E-state index is -1.29. The number of rotatable bonds is 5. The summed E-state index contributed by atoms with van der Waals surface area (Å²) in [6, 6.07) is 8.08. The van der Waals surface area contributed by atoms with Crippen molar-refractivity contribution in [3.8, 4) is 5.69 Å². The van der Waals surface area contributed by atoms with Crippen LogP contribution < -0.4 is 0 Å². The number of pyridine rings is 1. The van der Waals surface area contributed by atoms with Crippen molar-refractivity contribution in [1.29, 1.82) is 0 Å². The molecule has 3 rings (SSSR count). The Morgan fingerprint density at radius 3 is 2.62 bits per heavy atom. The molecular weight excluding hydrogens is 360 g/mol. The van der Waals surface area contributed by atoms with Gasteiger partial charge in [0.15, 0.2) is 0 Å². The molecule has 0 radical (unpaired) electrons. The van der Waals surface area contributed by atoms with Gasteiger partial charge in [0, 0.05) is 22.8 Å². The van der Waals surface area contributed by atoms with Crippen LogP contribution in [0, 0.1) is 10.1 Å². The second kappa shape index (κ2) is 7.16. The van der Waals surface area contributed by atoms with Crippen LogP contribution >= 0.6 is 11.6 Å². The Hall–Kier alpha value is -3.52. The molecule has 0 atom stereocenters. The third kappa shape index (κ3) is 3.76. The topological polar surface area (TPSA) is 111 Å². The molecule has 2 heterocycles. The van der Waals surface area contributed by atoms with Crippen LogP contribution in [0.4, 0.5) is 5.69 Å². The third-order valence-electron chi connectivity index (χ3n) is 3.47. The Kier molecular flexibility index (Phi) is 4.76. The lowest BCUT2D eigenvalue weighted by Crippen LogP contribution is -2.03. The first-order valence-electron chi connectivity index (χ1n) is 7.30. The molecule has 0 saturated carbocycles. The summed E-state index contributed by atoms with van der Waals surface area (Å²) < 4.78 is 1.64. The zero-order chi connectivity index (χ0) is 18.7. The van der Waals surface area contributed by atoms with Gasteiger partial charge in [-0.1, -0.05) is 11.6 Å². The highest BCUT2D eigenvalue weighted by molar-refractivity contribution is 6.30. The van der Waals surface area contributed by atoms with Gasteiger partial charge in [-0.25, -0.2) is 14.5 Å². The van der Waals surface area contributed by atoms with Crippen molar-refractivity contribution in [2.24, 2.45) is 0 Å². The van der Waals surface area contributed by atoms with Crippen molar-refractivity contribution < 1.29 is 14.8 Å². The third-order valence-corrected chi connectivity index (χ3v) is 3.72. The fourth-order valence-corrected chi connectivity index (χ4v) is 2.33. The minimum absolute atomic E-state index is 0.113. The van der Waals surface area contributed by atoms with Gasteiger partial charge in [0.05, 0.1) is 28.1 Å². The van der Waals surface area contributed by atoms with E-state index in [1.165, 1.54) is 6.08 Å². The summed E-state index contributed by atoms with van der Waals surface area (Å²) in [5.41, 5.74) is 1.00. The van der Waals surface area contributed by atoms with Gasteiger partial charge >= 0.3 is 5.97 Å². The molecule has 9 heteroatoms. The number of nitro groups is 1. The van der Waals surface area contributed by atoms with Gasteiger partial charge in [0.1, 0.15) is 6.20 Å². The molecule has 0 spiro atoms. The standard InChI is InChI=1S/C17H11ClN4O4/c18-12-2-4-13(5-3-12)21-10-11(8-20-21)1-6-16-15(17(23)24)7-14(9-19-16)22(25)26/h1-10H,(H,23,24)/b6-1+. The molecule has 0 fully saturated rings. The zero-order valence-electron chi connectivity index (χ0n) is 13.1. The van der Waals surface area contributed by atoms with E-state index in [4.69, 9.17) is 11.6 Å². The van der Waals surface area contributed by atoms with E-state index in [2.05, 4.69) is 10.1 Å². The maximum atomic E-state index is 11.3. The van der Waals surface area contributed by atoms with Crippen LogP contribution in [0.1, 0.15) is 21.6 Å². The van der Waals surface area contributed by atoms with Crippen LogP contribution in [-0.2, 0) is 0 Å². The lowest BCUT2D eigenvalue weighted by molar-refractivity contribution is -0.385. The number of carbonyl (C=O) groups is 1. The molecule has 0 saturated heterocycles. The quantitative estimate of drug-likeness (QED) is 0.541. The predicted octanol–water partition coefficient (Wildman–Crippen LogP) is 3.70. The second-order valence-electron chi connectivity index (χ2n) is 5.22. The largest absolute Gasteiger partial charge is 0.478 e. The highest BCUT2D eigenvalue weighted by atomic mass is 35.5. The minimum Gasteiger partial charge on any atom is -0.478 e. The number of carboxylic acids is 1. The molecule has 8 nitrogen and oxygen atoms in total. The van der Waals surface area contributed by atoms with Crippen molar-refractivity contribution >= 4 is 35.4 Å². The monoisotopic (exact) mass is 370 g/mol. The summed E-state index contributed by atoms with van der Waals surface area (Å²) in [5.74, 6) is -1.29. The summed E-state index contributed by atoms with van der Waals surface area (Å²) in [5, 5.41) is 24.8. The maximum absolute atomic E-state index is 11.3. The number of hydrogen-bond donors (Lipinski definition) is 1. The Balaban J connectivity index is 1.87. The Morgan fingerprint density at radius 1 is 1.23 bits per heavy atom.